The zero-order valence-corrected chi connectivity index (χ0v) is 12.1. The zero-order chi connectivity index (χ0) is 13.0. The van der Waals surface area contributed by atoms with Crippen LogP contribution in [0.2, 0.25) is 0 Å². The van der Waals surface area contributed by atoms with E-state index in [0.717, 1.165) is 30.9 Å². The van der Waals surface area contributed by atoms with Crippen molar-refractivity contribution in [1.29, 1.82) is 0 Å². The summed E-state index contributed by atoms with van der Waals surface area (Å²) >= 11 is 0. The Morgan fingerprint density at radius 2 is 1.94 bits per heavy atom. The first-order chi connectivity index (χ1) is 8.69. The molecule has 2 aliphatic rings. The van der Waals surface area contributed by atoms with Gasteiger partial charge in [-0.2, -0.15) is 0 Å². The fraction of sp³-hybridized carbons (Fsp3) is 0.929. The quantitative estimate of drug-likeness (QED) is 0.585. The van der Waals surface area contributed by atoms with Gasteiger partial charge in [0.25, 0.3) is 0 Å². The van der Waals surface area contributed by atoms with E-state index in [0.29, 0.717) is 6.04 Å². The highest BCUT2D eigenvalue weighted by molar-refractivity contribution is 5.80. The SMILES string of the molecule is CN=C(NCCN1CCC(C)CC1)NC1CC1C. The maximum Gasteiger partial charge on any atom is 0.191 e. The number of nitrogens with one attached hydrogen (secondary N) is 2. The van der Waals surface area contributed by atoms with Crippen LogP contribution in [0.25, 0.3) is 0 Å². The monoisotopic (exact) mass is 252 g/mol. The predicted octanol–water partition coefficient (Wildman–Crippen LogP) is 1.29. The molecule has 0 radical (unpaired) electrons. The van der Waals surface area contributed by atoms with E-state index in [2.05, 4.69) is 34.4 Å². The summed E-state index contributed by atoms with van der Waals surface area (Å²) in [5.41, 5.74) is 0. The van der Waals surface area contributed by atoms with Crippen LogP contribution in [0.4, 0.5) is 0 Å². The second-order valence-corrected chi connectivity index (χ2v) is 5.99. The molecule has 0 spiro atoms. The van der Waals surface area contributed by atoms with Gasteiger partial charge < -0.3 is 15.5 Å². The van der Waals surface area contributed by atoms with Crippen LogP contribution >= 0.6 is 0 Å². The molecule has 0 aromatic rings. The highest BCUT2D eigenvalue weighted by atomic mass is 15.2. The van der Waals surface area contributed by atoms with Crippen molar-refractivity contribution in [2.45, 2.75) is 39.2 Å². The molecule has 104 valence electrons. The number of hydrogen-bond donors (Lipinski definition) is 2. The molecule has 0 amide bonds. The lowest BCUT2D eigenvalue weighted by atomic mass is 9.99. The number of aliphatic imine (C=N–C) groups is 1. The summed E-state index contributed by atoms with van der Waals surface area (Å²) in [6.45, 7) is 9.28. The van der Waals surface area contributed by atoms with Gasteiger partial charge in [-0.1, -0.05) is 13.8 Å². The third-order valence-corrected chi connectivity index (χ3v) is 4.25. The van der Waals surface area contributed by atoms with E-state index < -0.39 is 0 Å². The molecule has 0 bridgehead atoms. The lowest BCUT2D eigenvalue weighted by Crippen LogP contribution is -2.44. The Hall–Kier alpha value is -0.770. The van der Waals surface area contributed by atoms with Crippen molar-refractivity contribution in [2.75, 3.05) is 33.2 Å². The van der Waals surface area contributed by atoms with Crippen molar-refractivity contribution < 1.29 is 0 Å². The van der Waals surface area contributed by atoms with E-state index >= 15 is 0 Å². The summed E-state index contributed by atoms with van der Waals surface area (Å²) < 4.78 is 0. The van der Waals surface area contributed by atoms with E-state index in [1.165, 1.54) is 32.4 Å². The summed E-state index contributed by atoms with van der Waals surface area (Å²) in [5, 5.41) is 6.87. The molecule has 1 saturated heterocycles. The van der Waals surface area contributed by atoms with E-state index in [1.54, 1.807) is 0 Å². The Morgan fingerprint density at radius 3 is 2.50 bits per heavy atom. The molecule has 2 atom stereocenters. The molecule has 2 rings (SSSR count). The molecule has 0 aromatic heterocycles. The Morgan fingerprint density at radius 1 is 1.28 bits per heavy atom. The maximum absolute atomic E-state index is 4.27. The number of guanidine groups is 1. The molecular weight excluding hydrogens is 224 g/mol. The Labute approximate surface area is 111 Å². The van der Waals surface area contributed by atoms with Gasteiger partial charge in [0.1, 0.15) is 0 Å². The summed E-state index contributed by atoms with van der Waals surface area (Å²) in [6, 6.07) is 0.645. The molecule has 1 heterocycles. The third kappa shape index (κ3) is 4.16. The van der Waals surface area contributed by atoms with Gasteiger partial charge in [-0.15, -0.1) is 0 Å². The second kappa shape index (κ2) is 6.41. The van der Waals surface area contributed by atoms with Gasteiger partial charge in [0, 0.05) is 26.2 Å². The molecule has 0 aromatic carbocycles. The van der Waals surface area contributed by atoms with Crippen molar-refractivity contribution >= 4 is 5.96 Å². The first-order valence-corrected chi connectivity index (χ1v) is 7.38. The topological polar surface area (TPSA) is 39.7 Å². The number of piperidine rings is 1. The van der Waals surface area contributed by atoms with Gasteiger partial charge in [0.05, 0.1) is 0 Å². The van der Waals surface area contributed by atoms with Crippen LogP contribution in [-0.4, -0.2) is 50.1 Å². The van der Waals surface area contributed by atoms with Crippen molar-refractivity contribution in [2.24, 2.45) is 16.8 Å². The zero-order valence-electron chi connectivity index (χ0n) is 12.1. The molecule has 1 aliphatic heterocycles. The molecule has 2 fully saturated rings. The van der Waals surface area contributed by atoms with E-state index in [4.69, 9.17) is 0 Å². The summed E-state index contributed by atoms with van der Waals surface area (Å²) in [7, 11) is 1.85. The maximum atomic E-state index is 4.27. The van der Waals surface area contributed by atoms with Crippen LogP contribution in [-0.2, 0) is 0 Å². The first kappa shape index (κ1) is 13.7. The Kier molecular flexibility index (Phi) is 4.87. The van der Waals surface area contributed by atoms with Crippen LogP contribution in [0.5, 0.6) is 0 Å². The highest BCUT2D eigenvalue weighted by Gasteiger charge is 2.33. The average Bonchev–Trinajstić information content (AvgIpc) is 3.06. The lowest BCUT2D eigenvalue weighted by molar-refractivity contribution is 0.195. The predicted molar refractivity (Wildman–Crippen MR) is 76.9 cm³/mol. The van der Waals surface area contributed by atoms with Gasteiger partial charge in [-0.3, -0.25) is 4.99 Å². The van der Waals surface area contributed by atoms with Crippen molar-refractivity contribution in [3.8, 4) is 0 Å². The molecule has 18 heavy (non-hydrogen) atoms. The Balaban J connectivity index is 1.59. The minimum absolute atomic E-state index is 0.645. The summed E-state index contributed by atoms with van der Waals surface area (Å²) in [5.74, 6) is 2.70. The van der Waals surface area contributed by atoms with Crippen LogP contribution < -0.4 is 10.6 Å². The normalized spacial score (nSPS) is 30.3. The van der Waals surface area contributed by atoms with E-state index in [-0.39, 0.29) is 0 Å². The molecule has 1 aliphatic carbocycles. The summed E-state index contributed by atoms with van der Waals surface area (Å²) in [6.07, 6.45) is 3.99. The lowest BCUT2D eigenvalue weighted by Gasteiger charge is -2.30. The van der Waals surface area contributed by atoms with Crippen molar-refractivity contribution in [3.05, 3.63) is 0 Å². The number of hydrogen-bond acceptors (Lipinski definition) is 2. The largest absolute Gasteiger partial charge is 0.355 e. The molecule has 2 N–H and O–H groups in total. The minimum atomic E-state index is 0.645. The minimum Gasteiger partial charge on any atom is -0.355 e. The third-order valence-electron chi connectivity index (χ3n) is 4.25. The molecule has 4 heteroatoms. The molecule has 2 unspecified atom stereocenters. The molecule has 1 saturated carbocycles. The summed E-state index contributed by atoms with van der Waals surface area (Å²) in [4.78, 5) is 6.83. The first-order valence-electron chi connectivity index (χ1n) is 7.38. The van der Waals surface area contributed by atoms with Gasteiger partial charge in [-0.25, -0.2) is 0 Å². The van der Waals surface area contributed by atoms with Crippen LogP contribution in [0, 0.1) is 11.8 Å². The number of likely N-dealkylation sites (tertiary alicyclic amines) is 1. The Bertz CT molecular complexity index is 282. The van der Waals surface area contributed by atoms with Crippen molar-refractivity contribution in [1.82, 2.24) is 15.5 Å². The van der Waals surface area contributed by atoms with E-state index in [9.17, 15) is 0 Å². The second-order valence-electron chi connectivity index (χ2n) is 5.99. The average molecular weight is 252 g/mol. The van der Waals surface area contributed by atoms with Gasteiger partial charge >= 0.3 is 0 Å². The van der Waals surface area contributed by atoms with Gasteiger partial charge in [0.15, 0.2) is 5.96 Å². The number of nitrogens with zero attached hydrogens (tertiary/aromatic N) is 2. The highest BCUT2D eigenvalue weighted by Crippen LogP contribution is 2.28. The van der Waals surface area contributed by atoms with Crippen LogP contribution in [0.1, 0.15) is 33.1 Å². The van der Waals surface area contributed by atoms with Crippen LogP contribution in [0.3, 0.4) is 0 Å². The van der Waals surface area contributed by atoms with Crippen molar-refractivity contribution in [3.63, 3.8) is 0 Å². The van der Waals surface area contributed by atoms with Crippen LogP contribution in [0.15, 0.2) is 4.99 Å². The standard InChI is InChI=1S/C14H28N4/c1-11-4-7-18(8-5-11)9-6-16-14(15-3)17-13-10-12(13)2/h11-13H,4-10H2,1-3H3,(H2,15,16,17). The molecular formula is C14H28N4. The smallest absolute Gasteiger partial charge is 0.191 e. The van der Waals surface area contributed by atoms with Gasteiger partial charge in [0.2, 0.25) is 0 Å². The van der Waals surface area contributed by atoms with Gasteiger partial charge in [-0.05, 0) is 44.2 Å². The molecule has 4 nitrogen and oxygen atoms in total. The number of rotatable bonds is 4. The fourth-order valence-corrected chi connectivity index (χ4v) is 2.51. The fourth-order valence-electron chi connectivity index (χ4n) is 2.51. The van der Waals surface area contributed by atoms with E-state index in [1.807, 2.05) is 7.05 Å².